The van der Waals surface area contributed by atoms with E-state index >= 15 is 0 Å². The summed E-state index contributed by atoms with van der Waals surface area (Å²) in [6.07, 6.45) is 7.38. The third-order valence-electron chi connectivity index (χ3n) is 6.98. The number of aromatic nitrogens is 2. The standard InChI is InChI=1S/C20H27BN4O2/c1-11-6-13-9-20(26,7-11)8-12(2)16(13)18-17-14-4-5-22-19(14)23-10-15(17)21(27)25(3)24-18/h4-5,10-13,16,26-27H,6-9H2,1-3H3,(H,22,23)/t11-,12+,13+,16?,20-/m1/s1. The molecule has 142 valence electrons. The monoisotopic (exact) mass is 366 g/mol. The molecule has 3 aliphatic rings. The van der Waals surface area contributed by atoms with Crippen LogP contribution in [0.2, 0.25) is 0 Å². The van der Waals surface area contributed by atoms with Gasteiger partial charge in [0.2, 0.25) is 0 Å². The lowest BCUT2D eigenvalue weighted by molar-refractivity contribution is -0.0918. The summed E-state index contributed by atoms with van der Waals surface area (Å²) >= 11 is 0. The Morgan fingerprint density at radius 2 is 2.11 bits per heavy atom. The smallest absolute Gasteiger partial charge is 0.428 e. The fourth-order valence-electron chi connectivity index (χ4n) is 6.24. The summed E-state index contributed by atoms with van der Waals surface area (Å²) in [7, 11) is 1.04. The molecule has 2 fully saturated rings. The summed E-state index contributed by atoms with van der Waals surface area (Å²) in [6.45, 7) is 4.51. The molecule has 5 rings (SSSR count). The molecule has 0 aromatic carbocycles. The van der Waals surface area contributed by atoms with Crippen molar-refractivity contribution in [1.82, 2.24) is 14.9 Å². The number of hydrazone groups is 1. The molecule has 27 heavy (non-hydrogen) atoms. The molecule has 3 N–H and O–H groups in total. The zero-order chi connectivity index (χ0) is 18.9. The number of nitrogens with zero attached hydrogens (tertiary/aromatic N) is 3. The molecule has 5 atom stereocenters. The van der Waals surface area contributed by atoms with Gasteiger partial charge in [-0.3, -0.25) is 0 Å². The van der Waals surface area contributed by atoms with Gasteiger partial charge in [0.05, 0.1) is 11.3 Å². The summed E-state index contributed by atoms with van der Waals surface area (Å²) in [6, 6.07) is 2.03. The van der Waals surface area contributed by atoms with Crippen LogP contribution in [0.1, 0.15) is 45.1 Å². The Morgan fingerprint density at radius 1 is 1.30 bits per heavy atom. The van der Waals surface area contributed by atoms with Crippen LogP contribution in [0.5, 0.6) is 0 Å². The van der Waals surface area contributed by atoms with Gasteiger partial charge in [0.15, 0.2) is 0 Å². The maximum atomic E-state index is 11.1. The number of hydrogen-bond acceptors (Lipinski definition) is 5. The Morgan fingerprint density at radius 3 is 2.93 bits per heavy atom. The average molecular weight is 366 g/mol. The maximum Gasteiger partial charge on any atom is 0.468 e. The lowest BCUT2D eigenvalue weighted by Crippen LogP contribution is -2.55. The fourth-order valence-corrected chi connectivity index (χ4v) is 6.24. The van der Waals surface area contributed by atoms with Crippen LogP contribution in [0.4, 0.5) is 0 Å². The Balaban J connectivity index is 1.67. The maximum absolute atomic E-state index is 11.1. The van der Waals surface area contributed by atoms with E-state index in [-0.39, 0.29) is 5.92 Å². The first-order chi connectivity index (χ1) is 12.9. The van der Waals surface area contributed by atoms with E-state index in [0.717, 1.165) is 53.5 Å². The van der Waals surface area contributed by atoms with Crippen LogP contribution in [-0.2, 0) is 0 Å². The molecular formula is C20H27BN4O2. The lowest BCUT2D eigenvalue weighted by Gasteiger charge is -2.51. The highest BCUT2D eigenvalue weighted by Crippen LogP contribution is 2.51. The van der Waals surface area contributed by atoms with Gasteiger partial charge in [0, 0.05) is 41.8 Å². The van der Waals surface area contributed by atoms with Gasteiger partial charge in [0.1, 0.15) is 5.65 Å². The zero-order valence-corrected chi connectivity index (χ0v) is 16.2. The third kappa shape index (κ3) is 2.55. The van der Waals surface area contributed by atoms with Crippen LogP contribution in [0.3, 0.4) is 0 Å². The van der Waals surface area contributed by atoms with Crippen LogP contribution >= 0.6 is 0 Å². The molecular weight excluding hydrogens is 339 g/mol. The van der Waals surface area contributed by atoms with Gasteiger partial charge >= 0.3 is 7.05 Å². The Bertz CT molecular complexity index is 924. The summed E-state index contributed by atoms with van der Waals surface area (Å²) in [5.41, 5.74) is 3.22. The van der Waals surface area contributed by atoms with Crippen molar-refractivity contribution in [3.05, 3.63) is 24.0 Å². The Labute approximate surface area is 159 Å². The van der Waals surface area contributed by atoms with Crippen LogP contribution in [0.25, 0.3) is 11.0 Å². The molecule has 1 aliphatic heterocycles. The highest BCUT2D eigenvalue weighted by atomic mass is 16.3. The van der Waals surface area contributed by atoms with Gasteiger partial charge < -0.3 is 20.0 Å². The van der Waals surface area contributed by atoms with Crippen LogP contribution in [0.15, 0.2) is 23.6 Å². The van der Waals surface area contributed by atoms with Crippen molar-refractivity contribution < 1.29 is 10.1 Å². The number of aromatic amines is 1. The second kappa shape index (κ2) is 5.82. The van der Waals surface area contributed by atoms with Crippen LogP contribution in [0, 0.1) is 23.7 Å². The molecule has 0 spiro atoms. The average Bonchev–Trinajstić information content (AvgIpc) is 3.05. The molecule has 6 nitrogen and oxygen atoms in total. The van der Waals surface area contributed by atoms with E-state index in [0.29, 0.717) is 17.8 Å². The van der Waals surface area contributed by atoms with Gasteiger partial charge in [-0.05, 0) is 49.5 Å². The number of aliphatic hydroxyl groups is 1. The summed E-state index contributed by atoms with van der Waals surface area (Å²) < 4.78 is 0. The Kier molecular flexibility index (Phi) is 3.72. The predicted octanol–water partition coefficient (Wildman–Crippen LogP) is 1.72. The van der Waals surface area contributed by atoms with Gasteiger partial charge in [-0.25, -0.2) is 4.98 Å². The minimum Gasteiger partial charge on any atom is -0.428 e. The van der Waals surface area contributed by atoms with Crippen molar-refractivity contribution in [2.24, 2.45) is 28.8 Å². The first kappa shape index (κ1) is 17.3. The quantitative estimate of drug-likeness (QED) is 0.671. The van der Waals surface area contributed by atoms with Crippen molar-refractivity contribution in [3.8, 4) is 0 Å². The van der Waals surface area contributed by atoms with Crippen molar-refractivity contribution in [1.29, 1.82) is 0 Å². The molecule has 0 saturated heterocycles. The molecule has 2 saturated carbocycles. The molecule has 0 radical (unpaired) electrons. The number of pyridine rings is 1. The number of H-pyrrole nitrogens is 1. The molecule has 2 aliphatic carbocycles. The van der Waals surface area contributed by atoms with E-state index in [9.17, 15) is 10.1 Å². The summed E-state index contributed by atoms with van der Waals surface area (Å²) in [4.78, 5) is 9.32. The third-order valence-corrected chi connectivity index (χ3v) is 6.98. The largest absolute Gasteiger partial charge is 0.468 e. The second-order valence-corrected chi connectivity index (χ2v) is 9.20. The van der Waals surface area contributed by atoms with Crippen molar-refractivity contribution in [2.45, 2.75) is 45.1 Å². The normalized spacial score (nSPS) is 36.0. The van der Waals surface area contributed by atoms with Crippen molar-refractivity contribution in [2.75, 3.05) is 7.05 Å². The summed E-state index contributed by atoms with van der Waals surface area (Å²) in [5.74, 6) is 1.57. The van der Waals surface area contributed by atoms with Gasteiger partial charge in [-0.2, -0.15) is 5.10 Å². The number of hydrogen-bond donors (Lipinski definition) is 3. The van der Waals surface area contributed by atoms with Gasteiger partial charge in [-0.1, -0.05) is 13.8 Å². The number of nitrogens with one attached hydrogen (secondary N) is 1. The first-order valence-corrected chi connectivity index (χ1v) is 10.0. The van der Waals surface area contributed by atoms with Gasteiger partial charge in [-0.15, -0.1) is 0 Å². The molecule has 3 heterocycles. The summed E-state index contributed by atoms with van der Waals surface area (Å²) in [5, 5.41) is 27.7. The van der Waals surface area contributed by atoms with E-state index in [1.165, 1.54) is 0 Å². The van der Waals surface area contributed by atoms with E-state index < -0.39 is 12.7 Å². The minimum absolute atomic E-state index is 0.280. The minimum atomic E-state index is -0.781. The molecule has 1 unspecified atom stereocenters. The zero-order valence-electron chi connectivity index (χ0n) is 16.2. The van der Waals surface area contributed by atoms with E-state index in [2.05, 4.69) is 23.8 Å². The van der Waals surface area contributed by atoms with E-state index in [1.807, 2.05) is 19.3 Å². The highest BCUT2D eigenvalue weighted by Gasteiger charge is 2.50. The molecule has 2 aromatic rings. The molecule has 7 heteroatoms. The van der Waals surface area contributed by atoms with Gasteiger partial charge in [0.25, 0.3) is 0 Å². The SMILES string of the molecule is C[C@@H]1C[C@H]2C[C@@](O)(C1)C[C@H](C)C2C1=NN(C)B(O)c2cnc3[nH]ccc3c21. The lowest BCUT2D eigenvalue weighted by atomic mass is 9.55. The second-order valence-electron chi connectivity index (χ2n) is 9.20. The van der Waals surface area contributed by atoms with Crippen LogP contribution < -0.4 is 5.46 Å². The molecule has 0 amide bonds. The Hall–Kier alpha value is -1.86. The molecule has 2 aromatic heterocycles. The fraction of sp³-hybridized carbons (Fsp3) is 0.600. The van der Waals surface area contributed by atoms with Crippen molar-refractivity contribution >= 4 is 29.3 Å². The first-order valence-electron chi connectivity index (χ1n) is 10.0. The highest BCUT2D eigenvalue weighted by molar-refractivity contribution is 6.66. The number of fused-ring (bicyclic) bond motifs is 5. The predicted molar refractivity (Wildman–Crippen MR) is 107 cm³/mol. The van der Waals surface area contributed by atoms with Crippen LogP contribution in [-0.4, -0.2) is 50.4 Å². The molecule has 2 bridgehead atoms. The number of rotatable bonds is 1. The topological polar surface area (TPSA) is 84.7 Å². The van der Waals surface area contributed by atoms with E-state index in [4.69, 9.17) is 5.10 Å². The van der Waals surface area contributed by atoms with E-state index in [1.54, 1.807) is 11.1 Å². The van der Waals surface area contributed by atoms with Crippen molar-refractivity contribution in [3.63, 3.8) is 0 Å².